The standard InChI is InChI=1S/C22H22N6O3/c29-19(26-17-4-2-8-24-14-17)18-15-28-12-9-25-21(28)22(31-18)5-10-27(11-6-22)20(30)16-3-1-7-23-13-16/h1-4,7-9,12-14,18H,5-6,10-11,15H2,(H,26,29)/t18-/m1/s1. The van der Waals surface area contributed by atoms with Crippen LogP contribution in [-0.2, 0) is 21.7 Å². The number of ether oxygens (including phenoxy) is 1. The zero-order valence-electron chi connectivity index (χ0n) is 16.8. The van der Waals surface area contributed by atoms with E-state index >= 15 is 0 Å². The van der Waals surface area contributed by atoms with Gasteiger partial charge in [0.1, 0.15) is 11.4 Å². The van der Waals surface area contributed by atoms with Crippen molar-refractivity contribution < 1.29 is 14.3 Å². The van der Waals surface area contributed by atoms with Gasteiger partial charge in [0.25, 0.3) is 11.8 Å². The van der Waals surface area contributed by atoms with Crippen LogP contribution < -0.4 is 5.32 Å². The molecule has 1 N–H and O–H groups in total. The largest absolute Gasteiger partial charge is 0.352 e. The molecule has 3 aromatic rings. The Kier molecular flexibility index (Phi) is 4.95. The second-order valence-electron chi connectivity index (χ2n) is 7.77. The minimum atomic E-state index is -0.704. The van der Waals surface area contributed by atoms with Crippen LogP contribution in [0.15, 0.2) is 61.4 Å². The lowest BCUT2D eigenvalue weighted by atomic mass is 9.88. The molecule has 0 bridgehead atoms. The molecule has 0 aromatic carbocycles. The van der Waals surface area contributed by atoms with E-state index in [2.05, 4.69) is 20.3 Å². The Morgan fingerprint density at radius 2 is 1.84 bits per heavy atom. The van der Waals surface area contributed by atoms with E-state index in [0.717, 1.165) is 5.82 Å². The van der Waals surface area contributed by atoms with Crippen molar-refractivity contribution in [1.29, 1.82) is 0 Å². The van der Waals surface area contributed by atoms with E-state index in [1.165, 1.54) is 0 Å². The van der Waals surface area contributed by atoms with Crippen LogP contribution in [-0.4, -0.2) is 55.4 Å². The minimum Gasteiger partial charge on any atom is -0.352 e. The molecule has 1 spiro atoms. The molecule has 5 rings (SSSR count). The van der Waals surface area contributed by atoms with Gasteiger partial charge in [-0.1, -0.05) is 0 Å². The number of piperidine rings is 1. The smallest absolute Gasteiger partial charge is 0.255 e. The number of nitrogens with zero attached hydrogens (tertiary/aromatic N) is 5. The number of nitrogens with one attached hydrogen (secondary N) is 1. The number of hydrogen-bond acceptors (Lipinski definition) is 6. The highest BCUT2D eigenvalue weighted by atomic mass is 16.5. The molecule has 0 unspecified atom stereocenters. The third-order valence-electron chi connectivity index (χ3n) is 5.84. The molecular weight excluding hydrogens is 396 g/mol. The molecule has 0 aliphatic carbocycles. The molecule has 158 valence electrons. The number of carbonyl (C=O) groups excluding carboxylic acids is 2. The summed E-state index contributed by atoms with van der Waals surface area (Å²) in [5.41, 5.74) is 0.487. The first-order chi connectivity index (χ1) is 15.1. The minimum absolute atomic E-state index is 0.0482. The van der Waals surface area contributed by atoms with E-state index in [4.69, 9.17) is 4.74 Å². The van der Waals surface area contributed by atoms with Crippen molar-refractivity contribution in [1.82, 2.24) is 24.4 Å². The Hall–Kier alpha value is -3.59. The van der Waals surface area contributed by atoms with Crippen LogP contribution in [0.5, 0.6) is 0 Å². The highest BCUT2D eigenvalue weighted by molar-refractivity contribution is 5.94. The SMILES string of the molecule is O=C(Nc1cccnc1)[C@H]1Cn2ccnc2C2(CCN(C(=O)c3cccnc3)CC2)O1. The lowest BCUT2D eigenvalue weighted by molar-refractivity contribution is -0.168. The fraction of sp³-hybridized carbons (Fsp3) is 0.318. The number of likely N-dealkylation sites (tertiary alicyclic amines) is 1. The van der Waals surface area contributed by atoms with Crippen LogP contribution in [0.3, 0.4) is 0 Å². The monoisotopic (exact) mass is 418 g/mol. The highest BCUT2D eigenvalue weighted by Crippen LogP contribution is 2.40. The maximum Gasteiger partial charge on any atom is 0.255 e. The van der Waals surface area contributed by atoms with Gasteiger partial charge in [-0.15, -0.1) is 0 Å². The number of pyridine rings is 2. The number of fused-ring (bicyclic) bond motifs is 2. The van der Waals surface area contributed by atoms with Gasteiger partial charge in [0.15, 0.2) is 6.10 Å². The van der Waals surface area contributed by atoms with Crippen LogP contribution in [0.2, 0.25) is 0 Å². The van der Waals surface area contributed by atoms with Crippen molar-refractivity contribution in [2.45, 2.75) is 31.1 Å². The summed E-state index contributed by atoms with van der Waals surface area (Å²) in [5, 5.41) is 2.87. The van der Waals surface area contributed by atoms with Crippen LogP contribution in [0.1, 0.15) is 29.0 Å². The number of hydrogen-bond donors (Lipinski definition) is 1. The zero-order chi connectivity index (χ0) is 21.3. The van der Waals surface area contributed by atoms with Crippen LogP contribution in [0, 0.1) is 0 Å². The highest BCUT2D eigenvalue weighted by Gasteiger charge is 2.47. The van der Waals surface area contributed by atoms with Crippen molar-refractivity contribution in [2.24, 2.45) is 0 Å². The molecule has 1 fully saturated rings. The zero-order valence-corrected chi connectivity index (χ0v) is 16.8. The van der Waals surface area contributed by atoms with Crippen LogP contribution in [0.25, 0.3) is 0 Å². The van der Waals surface area contributed by atoms with Crippen molar-refractivity contribution in [3.8, 4) is 0 Å². The average Bonchev–Trinajstić information content (AvgIpc) is 3.30. The normalized spacial score (nSPS) is 19.6. The number of anilines is 1. The molecule has 5 heterocycles. The molecule has 1 saturated heterocycles. The maximum absolute atomic E-state index is 12.9. The lowest BCUT2D eigenvalue weighted by Crippen LogP contribution is -2.54. The van der Waals surface area contributed by atoms with Crippen LogP contribution >= 0.6 is 0 Å². The first-order valence-corrected chi connectivity index (χ1v) is 10.2. The van der Waals surface area contributed by atoms with E-state index in [0.29, 0.717) is 43.7 Å². The number of aromatic nitrogens is 4. The molecule has 3 aromatic heterocycles. The molecule has 9 nitrogen and oxygen atoms in total. The number of amides is 2. The lowest BCUT2D eigenvalue weighted by Gasteiger charge is -2.45. The summed E-state index contributed by atoms with van der Waals surface area (Å²) in [6, 6.07) is 7.07. The van der Waals surface area contributed by atoms with E-state index in [1.807, 2.05) is 10.8 Å². The first kappa shape index (κ1) is 19.4. The summed E-state index contributed by atoms with van der Waals surface area (Å²) in [6.45, 7) is 1.41. The van der Waals surface area contributed by atoms with E-state index in [-0.39, 0.29) is 11.8 Å². The summed E-state index contributed by atoms with van der Waals surface area (Å²) < 4.78 is 8.38. The Balaban J connectivity index is 1.33. The van der Waals surface area contributed by atoms with Gasteiger partial charge in [0.05, 0.1) is 24.0 Å². The summed E-state index contributed by atoms with van der Waals surface area (Å²) in [6.07, 6.45) is 10.5. The Morgan fingerprint density at radius 1 is 1.06 bits per heavy atom. The summed E-state index contributed by atoms with van der Waals surface area (Å²) in [7, 11) is 0. The molecule has 0 saturated carbocycles. The second kappa shape index (κ2) is 7.92. The molecule has 2 aliphatic heterocycles. The molecule has 0 radical (unpaired) electrons. The van der Waals surface area contributed by atoms with Crippen LogP contribution in [0.4, 0.5) is 5.69 Å². The third kappa shape index (κ3) is 3.68. The predicted molar refractivity (Wildman–Crippen MR) is 111 cm³/mol. The van der Waals surface area contributed by atoms with E-state index < -0.39 is 11.7 Å². The van der Waals surface area contributed by atoms with Crippen molar-refractivity contribution in [3.63, 3.8) is 0 Å². The molecule has 31 heavy (non-hydrogen) atoms. The number of carbonyl (C=O) groups is 2. The molecule has 9 heteroatoms. The topological polar surface area (TPSA) is 102 Å². The first-order valence-electron chi connectivity index (χ1n) is 10.2. The Bertz CT molecular complexity index is 1080. The van der Waals surface area contributed by atoms with E-state index in [9.17, 15) is 9.59 Å². The molecular formula is C22H22N6O3. The fourth-order valence-electron chi connectivity index (χ4n) is 4.28. The average molecular weight is 418 g/mol. The van der Waals surface area contributed by atoms with Crippen molar-refractivity contribution >= 4 is 17.5 Å². The van der Waals surface area contributed by atoms with Crippen molar-refractivity contribution in [2.75, 3.05) is 18.4 Å². The van der Waals surface area contributed by atoms with Gasteiger partial charge >= 0.3 is 0 Å². The van der Waals surface area contributed by atoms with Gasteiger partial charge in [0.2, 0.25) is 0 Å². The Morgan fingerprint density at radius 3 is 2.55 bits per heavy atom. The predicted octanol–water partition coefficient (Wildman–Crippen LogP) is 1.84. The van der Waals surface area contributed by atoms with Gasteiger partial charge in [-0.25, -0.2) is 4.98 Å². The van der Waals surface area contributed by atoms with Gasteiger partial charge in [-0.2, -0.15) is 0 Å². The Labute approximate surface area is 179 Å². The molecule has 2 aliphatic rings. The quantitative estimate of drug-likeness (QED) is 0.696. The second-order valence-corrected chi connectivity index (χ2v) is 7.77. The maximum atomic E-state index is 12.9. The fourth-order valence-corrected chi connectivity index (χ4v) is 4.28. The molecule has 1 atom stereocenters. The van der Waals surface area contributed by atoms with Crippen molar-refractivity contribution in [3.05, 3.63) is 72.8 Å². The van der Waals surface area contributed by atoms with Gasteiger partial charge in [0, 0.05) is 56.9 Å². The van der Waals surface area contributed by atoms with Gasteiger partial charge in [-0.3, -0.25) is 19.6 Å². The van der Waals surface area contributed by atoms with Gasteiger partial charge in [-0.05, 0) is 24.3 Å². The summed E-state index contributed by atoms with van der Waals surface area (Å²) in [5.74, 6) is 0.542. The number of rotatable bonds is 3. The van der Waals surface area contributed by atoms with Gasteiger partial charge < -0.3 is 19.5 Å². The third-order valence-corrected chi connectivity index (χ3v) is 5.84. The molecule has 2 amide bonds. The summed E-state index contributed by atoms with van der Waals surface area (Å²) >= 11 is 0. The number of imidazole rings is 1. The summed E-state index contributed by atoms with van der Waals surface area (Å²) in [4.78, 5) is 40.1. The van der Waals surface area contributed by atoms with E-state index in [1.54, 1.807) is 60.1 Å².